The van der Waals surface area contributed by atoms with Crippen LogP contribution in [0.15, 0.2) is 21.2 Å². The minimum absolute atomic E-state index is 0.535. The van der Waals surface area contributed by atoms with Gasteiger partial charge in [-0.3, -0.25) is 0 Å². The molecular formula is C15H24BrNO. The average Bonchev–Trinajstić information content (AvgIpc) is 2.89. The topological polar surface area (TPSA) is 25.2 Å². The molecule has 0 radical (unpaired) electrons. The lowest BCUT2D eigenvalue weighted by Crippen LogP contribution is -2.33. The lowest BCUT2D eigenvalue weighted by Gasteiger charge is -2.31. The highest BCUT2D eigenvalue weighted by atomic mass is 79.9. The zero-order valence-corrected chi connectivity index (χ0v) is 13.1. The van der Waals surface area contributed by atoms with Crippen LogP contribution >= 0.6 is 15.9 Å². The van der Waals surface area contributed by atoms with Gasteiger partial charge in [-0.1, -0.05) is 26.7 Å². The van der Waals surface area contributed by atoms with Crippen LogP contribution in [0.3, 0.4) is 0 Å². The molecule has 3 heteroatoms. The molecule has 1 heterocycles. The van der Waals surface area contributed by atoms with Crippen LogP contribution in [-0.4, -0.2) is 6.54 Å². The van der Waals surface area contributed by atoms with Crippen molar-refractivity contribution < 1.29 is 4.42 Å². The molecule has 0 aliphatic heterocycles. The van der Waals surface area contributed by atoms with E-state index >= 15 is 0 Å². The highest BCUT2D eigenvalue weighted by molar-refractivity contribution is 9.10. The van der Waals surface area contributed by atoms with Crippen LogP contribution < -0.4 is 5.32 Å². The van der Waals surface area contributed by atoms with E-state index in [-0.39, 0.29) is 0 Å². The fraction of sp³-hybridized carbons (Fsp3) is 0.733. The molecule has 1 aliphatic carbocycles. The molecule has 0 unspecified atom stereocenters. The summed E-state index contributed by atoms with van der Waals surface area (Å²) in [5.74, 6) is 1.80. The molecule has 18 heavy (non-hydrogen) atoms. The molecule has 102 valence electrons. The van der Waals surface area contributed by atoms with E-state index in [9.17, 15) is 0 Å². The third-order valence-corrected chi connectivity index (χ3v) is 4.69. The van der Waals surface area contributed by atoms with Gasteiger partial charge in [0, 0.05) is 6.54 Å². The molecule has 1 fully saturated rings. The largest absolute Gasteiger partial charge is 0.467 e. The highest BCUT2D eigenvalue weighted by Crippen LogP contribution is 2.42. The third kappa shape index (κ3) is 3.61. The molecule has 1 N–H and O–H groups in total. The standard InChI is InChI=1S/C15H24BrNO/c1-12(2)9-15(6-3-4-7-15)11-17-10-14-13(16)5-8-18-14/h5,8,12,17H,3-4,6-7,9-11H2,1-2H3. The summed E-state index contributed by atoms with van der Waals surface area (Å²) in [6, 6.07) is 1.95. The lowest BCUT2D eigenvalue weighted by atomic mass is 9.78. The third-order valence-electron chi connectivity index (χ3n) is 3.98. The molecule has 0 atom stereocenters. The maximum Gasteiger partial charge on any atom is 0.131 e. The summed E-state index contributed by atoms with van der Waals surface area (Å²) in [5, 5.41) is 3.59. The summed E-state index contributed by atoms with van der Waals surface area (Å²) in [5.41, 5.74) is 0.535. The highest BCUT2D eigenvalue weighted by Gasteiger charge is 2.33. The molecule has 1 aromatic heterocycles. The Balaban J connectivity index is 1.85. The second kappa shape index (κ2) is 6.25. The first-order valence-electron chi connectivity index (χ1n) is 7.04. The van der Waals surface area contributed by atoms with E-state index in [1.54, 1.807) is 6.26 Å². The van der Waals surface area contributed by atoms with Gasteiger partial charge in [0.1, 0.15) is 5.76 Å². The molecular weight excluding hydrogens is 290 g/mol. The Labute approximate surface area is 119 Å². The normalized spacial score (nSPS) is 18.7. The molecule has 1 aliphatic rings. The summed E-state index contributed by atoms with van der Waals surface area (Å²) in [4.78, 5) is 0. The number of hydrogen-bond acceptors (Lipinski definition) is 2. The number of rotatable bonds is 6. The molecule has 0 saturated heterocycles. The molecule has 0 bridgehead atoms. The first-order valence-corrected chi connectivity index (χ1v) is 7.83. The van der Waals surface area contributed by atoms with Gasteiger partial charge < -0.3 is 9.73 Å². The van der Waals surface area contributed by atoms with Crippen LogP contribution in [0.4, 0.5) is 0 Å². The van der Waals surface area contributed by atoms with Gasteiger partial charge in [0.25, 0.3) is 0 Å². The quantitative estimate of drug-likeness (QED) is 0.820. The fourth-order valence-corrected chi connectivity index (χ4v) is 3.68. The Morgan fingerprint density at radius 1 is 1.39 bits per heavy atom. The van der Waals surface area contributed by atoms with Crippen LogP contribution in [0.1, 0.15) is 51.7 Å². The molecule has 2 rings (SSSR count). The van der Waals surface area contributed by atoms with E-state index in [1.807, 2.05) is 6.07 Å². The second-order valence-corrected chi connectivity index (χ2v) is 6.95. The van der Waals surface area contributed by atoms with E-state index in [4.69, 9.17) is 4.42 Å². The van der Waals surface area contributed by atoms with E-state index < -0.39 is 0 Å². The first-order chi connectivity index (χ1) is 8.61. The fourth-order valence-electron chi connectivity index (χ4n) is 3.34. The van der Waals surface area contributed by atoms with Crippen LogP contribution in [0, 0.1) is 11.3 Å². The van der Waals surface area contributed by atoms with Gasteiger partial charge >= 0.3 is 0 Å². The Kier molecular flexibility index (Phi) is 4.91. The predicted octanol–water partition coefficient (Wildman–Crippen LogP) is 4.74. The minimum atomic E-state index is 0.535. The van der Waals surface area contributed by atoms with Crippen molar-refractivity contribution in [3.63, 3.8) is 0 Å². The SMILES string of the molecule is CC(C)CC1(CNCc2occc2Br)CCCC1. The predicted molar refractivity (Wildman–Crippen MR) is 78.5 cm³/mol. The summed E-state index contributed by atoms with van der Waals surface area (Å²) in [6.07, 6.45) is 8.66. The molecule has 0 amide bonds. The van der Waals surface area contributed by atoms with Crippen molar-refractivity contribution in [1.29, 1.82) is 0 Å². The molecule has 1 aromatic rings. The summed E-state index contributed by atoms with van der Waals surface area (Å²) >= 11 is 3.50. The second-order valence-electron chi connectivity index (χ2n) is 6.10. The zero-order chi connectivity index (χ0) is 13.0. The van der Waals surface area contributed by atoms with Crippen LogP contribution in [0.2, 0.25) is 0 Å². The zero-order valence-electron chi connectivity index (χ0n) is 11.5. The maximum atomic E-state index is 5.43. The van der Waals surface area contributed by atoms with Gasteiger partial charge in [0.05, 0.1) is 17.3 Å². The summed E-state index contributed by atoms with van der Waals surface area (Å²) < 4.78 is 6.50. The molecule has 2 nitrogen and oxygen atoms in total. The van der Waals surface area contributed by atoms with Gasteiger partial charge in [0.15, 0.2) is 0 Å². The van der Waals surface area contributed by atoms with Gasteiger partial charge in [-0.2, -0.15) is 0 Å². The minimum Gasteiger partial charge on any atom is -0.467 e. The average molecular weight is 314 g/mol. The van der Waals surface area contributed by atoms with Crippen LogP contribution in [-0.2, 0) is 6.54 Å². The maximum absolute atomic E-state index is 5.43. The Bertz CT molecular complexity index is 366. The van der Waals surface area contributed by atoms with Crippen molar-refractivity contribution in [3.8, 4) is 0 Å². The Morgan fingerprint density at radius 3 is 2.67 bits per heavy atom. The van der Waals surface area contributed by atoms with Crippen LogP contribution in [0.25, 0.3) is 0 Å². The number of hydrogen-bond donors (Lipinski definition) is 1. The Hall–Kier alpha value is -0.280. The van der Waals surface area contributed by atoms with E-state index in [2.05, 4.69) is 35.1 Å². The van der Waals surface area contributed by atoms with E-state index in [1.165, 1.54) is 32.1 Å². The monoisotopic (exact) mass is 313 g/mol. The summed E-state index contributed by atoms with van der Waals surface area (Å²) in [6.45, 7) is 6.62. The molecule has 0 aromatic carbocycles. The van der Waals surface area contributed by atoms with Crippen molar-refractivity contribution in [2.24, 2.45) is 11.3 Å². The van der Waals surface area contributed by atoms with E-state index in [0.717, 1.165) is 29.2 Å². The van der Waals surface area contributed by atoms with Crippen molar-refractivity contribution in [1.82, 2.24) is 5.32 Å². The van der Waals surface area contributed by atoms with Gasteiger partial charge in [0.2, 0.25) is 0 Å². The van der Waals surface area contributed by atoms with Gasteiger partial charge in [-0.25, -0.2) is 0 Å². The molecule has 0 spiro atoms. The van der Waals surface area contributed by atoms with Crippen molar-refractivity contribution >= 4 is 15.9 Å². The smallest absolute Gasteiger partial charge is 0.131 e. The lowest BCUT2D eigenvalue weighted by molar-refractivity contribution is 0.221. The molecule has 1 saturated carbocycles. The Morgan fingerprint density at radius 2 is 2.11 bits per heavy atom. The van der Waals surface area contributed by atoms with Crippen molar-refractivity contribution in [3.05, 3.63) is 22.6 Å². The van der Waals surface area contributed by atoms with Gasteiger partial charge in [-0.05, 0) is 52.6 Å². The number of halogens is 1. The van der Waals surface area contributed by atoms with Crippen molar-refractivity contribution in [2.45, 2.75) is 52.5 Å². The van der Waals surface area contributed by atoms with Crippen LogP contribution in [0.5, 0.6) is 0 Å². The van der Waals surface area contributed by atoms with Gasteiger partial charge in [-0.15, -0.1) is 0 Å². The summed E-state index contributed by atoms with van der Waals surface area (Å²) in [7, 11) is 0. The van der Waals surface area contributed by atoms with E-state index in [0.29, 0.717) is 5.41 Å². The number of furan rings is 1. The van der Waals surface area contributed by atoms with Crippen molar-refractivity contribution in [2.75, 3.05) is 6.54 Å². The number of nitrogens with one attached hydrogen (secondary N) is 1. The first kappa shape index (κ1) is 14.1.